The van der Waals surface area contributed by atoms with Gasteiger partial charge in [-0.1, -0.05) is 25.3 Å². The summed E-state index contributed by atoms with van der Waals surface area (Å²) in [5.74, 6) is -0.458. The maximum Gasteiger partial charge on any atom is 0.341 e. The van der Waals surface area contributed by atoms with Gasteiger partial charge in [0, 0.05) is 23.1 Å². The van der Waals surface area contributed by atoms with Crippen molar-refractivity contribution in [3.8, 4) is 0 Å². The molecule has 5 rings (SSSR count). The van der Waals surface area contributed by atoms with Crippen LogP contribution in [0.1, 0.15) is 70.6 Å². The number of rotatable bonds is 5. The van der Waals surface area contributed by atoms with Crippen LogP contribution in [-0.4, -0.2) is 21.3 Å². The highest BCUT2D eigenvalue weighted by Crippen LogP contribution is 2.40. The van der Waals surface area contributed by atoms with Crippen LogP contribution >= 0.6 is 11.3 Å². The summed E-state index contributed by atoms with van der Waals surface area (Å²) < 4.78 is 7.08. The Kier molecular flexibility index (Phi) is 6.01. The molecule has 7 nitrogen and oxygen atoms in total. The van der Waals surface area contributed by atoms with Crippen LogP contribution in [0.2, 0.25) is 0 Å². The van der Waals surface area contributed by atoms with Crippen LogP contribution in [0.25, 0.3) is 5.65 Å². The van der Waals surface area contributed by atoms with E-state index in [4.69, 9.17) is 4.74 Å². The Bertz CT molecular complexity index is 1290. The number of aryl methyl sites for hydroxylation is 2. The summed E-state index contributed by atoms with van der Waals surface area (Å²) in [7, 11) is 0. The number of carbonyl (C=O) groups is 2. The lowest BCUT2D eigenvalue weighted by Gasteiger charge is -2.20. The average molecular weight is 466 g/mol. The molecule has 0 aliphatic heterocycles. The van der Waals surface area contributed by atoms with Crippen LogP contribution in [0.3, 0.4) is 0 Å². The molecule has 0 atom stereocenters. The number of pyridine rings is 1. The summed E-state index contributed by atoms with van der Waals surface area (Å²) in [5, 5.41) is 3.64. The Morgan fingerprint density at radius 3 is 2.82 bits per heavy atom. The third-order valence-corrected chi connectivity index (χ3v) is 7.76. The van der Waals surface area contributed by atoms with E-state index in [0.717, 1.165) is 60.9 Å². The molecule has 3 heterocycles. The van der Waals surface area contributed by atoms with Gasteiger partial charge in [0.05, 0.1) is 11.3 Å². The molecule has 1 saturated carbocycles. The number of nitrogens with one attached hydrogen (secondary N) is 1. The summed E-state index contributed by atoms with van der Waals surface area (Å²) in [6, 6.07) is 5.05. The van der Waals surface area contributed by atoms with E-state index in [1.807, 2.05) is 13.0 Å². The number of anilines is 1. The molecule has 8 heteroatoms. The number of hydrogen-bond donors (Lipinski definition) is 1. The largest absolute Gasteiger partial charge is 0.455 e. The molecule has 3 aromatic heterocycles. The molecule has 2 aliphatic carbocycles. The molecule has 0 aromatic carbocycles. The average Bonchev–Trinajstić information content (AvgIpc) is 3.39. The molecule has 0 saturated heterocycles. The van der Waals surface area contributed by atoms with Gasteiger partial charge in [0.15, 0.2) is 0 Å². The molecule has 0 spiro atoms. The third-order valence-electron chi connectivity index (χ3n) is 6.55. The van der Waals surface area contributed by atoms with Gasteiger partial charge in [0.2, 0.25) is 5.91 Å². The monoisotopic (exact) mass is 465 g/mol. The van der Waals surface area contributed by atoms with Crippen molar-refractivity contribution in [1.82, 2.24) is 9.38 Å². The topological polar surface area (TPSA) is 89.8 Å². The van der Waals surface area contributed by atoms with Crippen LogP contribution in [0.4, 0.5) is 5.00 Å². The lowest BCUT2D eigenvalue weighted by atomic mass is 9.89. The summed E-state index contributed by atoms with van der Waals surface area (Å²) in [6.07, 6.45) is 9.60. The highest BCUT2D eigenvalue weighted by atomic mass is 32.1. The summed E-state index contributed by atoms with van der Waals surface area (Å²) >= 11 is 1.49. The summed E-state index contributed by atoms with van der Waals surface area (Å²) in [6.45, 7) is 1.81. The van der Waals surface area contributed by atoms with Crippen molar-refractivity contribution >= 4 is 33.9 Å². The van der Waals surface area contributed by atoms with Crippen molar-refractivity contribution in [1.29, 1.82) is 0 Å². The van der Waals surface area contributed by atoms with Gasteiger partial charge >= 0.3 is 5.97 Å². The quantitative estimate of drug-likeness (QED) is 0.563. The highest BCUT2D eigenvalue weighted by Gasteiger charge is 2.30. The summed E-state index contributed by atoms with van der Waals surface area (Å²) in [5.41, 5.74) is 3.12. The first-order valence-corrected chi connectivity index (χ1v) is 12.4. The predicted octanol–water partition coefficient (Wildman–Crippen LogP) is 4.43. The second-order valence-corrected chi connectivity index (χ2v) is 10.1. The second-order valence-electron chi connectivity index (χ2n) is 8.98. The van der Waals surface area contributed by atoms with Crippen molar-refractivity contribution < 1.29 is 14.3 Å². The van der Waals surface area contributed by atoms with Gasteiger partial charge in [-0.05, 0) is 56.2 Å². The molecule has 0 bridgehead atoms. The van der Waals surface area contributed by atoms with E-state index >= 15 is 0 Å². The van der Waals surface area contributed by atoms with Crippen LogP contribution in [0, 0.1) is 12.8 Å². The number of nitrogens with zero attached hydrogens (tertiary/aromatic N) is 2. The predicted molar refractivity (Wildman–Crippen MR) is 127 cm³/mol. The molecule has 3 aromatic rings. The van der Waals surface area contributed by atoms with E-state index in [-0.39, 0.29) is 24.0 Å². The van der Waals surface area contributed by atoms with Gasteiger partial charge in [0.1, 0.15) is 17.3 Å². The minimum absolute atomic E-state index is 0.00295. The van der Waals surface area contributed by atoms with E-state index in [0.29, 0.717) is 21.9 Å². The number of aromatic nitrogens is 2. The standard InChI is InChI=1S/C25H27N3O4S/c1-15-10-11-20-26-17(12-21(29)28(20)13-15)14-32-25(31)22-18-8-5-9-19(18)33-24(22)27-23(30)16-6-3-2-4-7-16/h10-13,16H,2-9,14H2,1H3,(H,27,30). The number of esters is 1. The fourth-order valence-electron chi connectivity index (χ4n) is 4.83. The number of fused-ring (bicyclic) bond motifs is 2. The van der Waals surface area contributed by atoms with E-state index in [1.165, 1.54) is 28.2 Å². The van der Waals surface area contributed by atoms with Crippen molar-refractivity contribution in [2.24, 2.45) is 5.92 Å². The van der Waals surface area contributed by atoms with Gasteiger partial charge in [-0.25, -0.2) is 9.78 Å². The van der Waals surface area contributed by atoms with Crippen LogP contribution in [-0.2, 0) is 29.0 Å². The smallest absolute Gasteiger partial charge is 0.341 e. The number of thiophene rings is 1. The number of hydrogen-bond acceptors (Lipinski definition) is 6. The zero-order valence-corrected chi connectivity index (χ0v) is 19.5. The minimum atomic E-state index is -0.473. The molecule has 1 amide bonds. The van der Waals surface area contributed by atoms with Crippen molar-refractivity contribution in [3.63, 3.8) is 0 Å². The number of amides is 1. The van der Waals surface area contributed by atoms with E-state index in [9.17, 15) is 14.4 Å². The van der Waals surface area contributed by atoms with Crippen LogP contribution < -0.4 is 10.9 Å². The number of ether oxygens (including phenoxy) is 1. The molecular weight excluding hydrogens is 438 g/mol. The van der Waals surface area contributed by atoms with E-state index < -0.39 is 5.97 Å². The van der Waals surface area contributed by atoms with E-state index in [1.54, 1.807) is 12.3 Å². The summed E-state index contributed by atoms with van der Waals surface area (Å²) in [4.78, 5) is 44.0. The zero-order chi connectivity index (χ0) is 22.9. The zero-order valence-electron chi connectivity index (χ0n) is 18.7. The van der Waals surface area contributed by atoms with E-state index in [2.05, 4.69) is 10.3 Å². The molecule has 1 N–H and O–H groups in total. The fourth-order valence-corrected chi connectivity index (χ4v) is 6.11. The lowest BCUT2D eigenvalue weighted by molar-refractivity contribution is -0.120. The van der Waals surface area contributed by atoms with Crippen molar-refractivity contribution in [2.45, 2.75) is 64.9 Å². The van der Waals surface area contributed by atoms with Gasteiger partial charge in [0.25, 0.3) is 5.56 Å². The fraction of sp³-hybridized carbons (Fsp3) is 0.440. The second kappa shape index (κ2) is 9.09. The number of carbonyl (C=O) groups excluding carboxylic acids is 2. The van der Waals surface area contributed by atoms with Gasteiger partial charge in [-0.3, -0.25) is 14.0 Å². The van der Waals surface area contributed by atoms with Crippen molar-refractivity contribution in [3.05, 3.63) is 62.0 Å². The van der Waals surface area contributed by atoms with Gasteiger partial charge < -0.3 is 10.1 Å². The first kappa shape index (κ1) is 21.8. The van der Waals surface area contributed by atoms with Crippen molar-refractivity contribution in [2.75, 3.05) is 5.32 Å². The Labute approximate surface area is 195 Å². The highest BCUT2D eigenvalue weighted by molar-refractivity contribution is 7.17. The molecule has 1 fully saturated rings. The molecule has 0 unspecified atom stereocenters. The SMILES string of the molecule is Cc1ccc2nc(COC(=O)c3c(NC(=O)C4CCCCC4)sc4c3CCC4)cc(=O)n2c1. The molecular formula is C25H27N3O4S. The van der Waals surface area contributed by atoms with Crippen LogP contribution in [0.5, 0.6) is 0 Å². The maximum absolute atomic E-state index is 13.1. The Hall–Kier alpha value is -3.00. The molecule has 33 heavy (non-hydrogen) atoms. The first-order chi connectivity index (χ1) is 16.0. The van der Waals surface area contributed by atoms with Crippen LogP contribution in [0.15, 0.2) is 29.2 Å². The minimum Gasteiger partial charge on any atom is -0.455 e. The molecule has 0 radical (unpaired) electrons. The van der Waals surface area contributed by atoms with Gasteiger partial charge in [-0.15, -0.1) is 11.3 Å². The third kappa shape index (κ3) is 4.44. The Balaban J connectivity index is 1.35. The maximum atomic E-state index is 13.1. The van der Waals surface area contributed by atoms with Gasteiger partial charge in [-0.2, -0.15) is 0 Å². The molecule has 172 valence electrons. The normalized spacial score (nSPS) is 16.0. The lowest BCUT2D eigenvalue weighted by Crippen LogP contribution is -2.25. The molecule has 2 aliphatic rings. The first-order valence-electron chi connectivity index (χ1n) is 11.6. The Morgan fingerprint density at radius 2 is 2.00 bits per heavy atom. The Morgan fingerprint density at radius 1 is 1.18 bits per heavy atom.